The highest BCUT2D eigenvalue weighted by Gasteiger charge is 2.10. The van der Waals surface area contributed by atoms with Crippen molar-refractivity contribution >= 4 is 21.8 Å². The average Bonchev–Trinajstić information content (AvgIpc) is 2.25. The number of rotatable bonds is 4. The lowest BCUT2D eigenvalue weighted by atomic mass is 10.1. The van der Waals surface area contributed by atoms with Crippen molar-refractivity contribution in [1.29, 1.82) is 0 Å². The first-order valence-corrected chi connectivity index (χ1v) is 6.18. The van der Waals surface area contributed by atoms with Crippen LogP contribution >= 0.6 is 15.9 Å². The molecule has 0 saturated heterocycles. The average molecular weight is 286 g/mol. The number of alkyl halides is 1. The maximum absolute atomic E-state index is 11.8. The van der Waals surface area contributed by atoms with Gasteiger partial charge in [0, 0.05) is 16.9 Å². The lowest BCUT2D eigenvalue weighted by Crippen LogP contribution is -2.29. The van der Waals surface area contributed by atoms with Gasteiger partial charge in [0.1, 0.15) is 5.75 Å². The van der Waals surface area contributed by atoms with Crippen LogP contribution in [0.3, 0.4) is 0 Å². The van der Waals surface area contributed by atoms with E-state index >= 15 is 0 Å². The van der Waals surface area contributed by atoms with Crippen molar-refractivity contribution in [2.45, 2.75) is 25.1 Å². The molecular weight excluding hydrogens is 270 g/mol. The number of carbonyl (C=O) groups excluding carboxylic acids is 1. The standard InChI is InChI=1S/C12H16BrNO2/c1-3-9(13)7-14-12(16)11-5-4-10(15)6-8(11)2/h4-6,9,15H,3,7H2,1-2H3,(H,14,16). The topological polar surface area (TPSA) is 49.3 Å². The lowest BCUT2D eigenvalue weighted by Gasteiger charge is -2.10. The molecule has 1 unspecified atom stereocenters. The second-order valence-electron chi connectivity index (χ2n) is 3.71. The number of hydrogen-bond donors (Lipinski definition) is 2. The molecule has 0 heterocycles. The minimum Gasteiger partial charge on any atom is -0.508 e. The molecule has 0 bridgehead atoms. The molecule has 4 heteroatoms. The molecule has 2 N–H and O–H groups in total. The Morgan fingerprint density at radius 3 is 2.81 bits per heavy atom. The number of halogens is 1. The predicted octanol–water partition coefficient (Wildman–Crippen LogP) is 2.60. The molecule has 0 spiro atoms. The lowest BCUT2D eigenvalue weighted by molar-refractivity contribution is 0.0953. The molecule has 1 atom stereocenters. The third-order valence-electron chi connectivity index (χ3n) is 2.38. The number of phenolic OH excluding ortho intramolecular Hbond substituents is 1. The molecule has 0 aliphatic rings. The van der Waals surface area contributed by atoms with Crippen molar-refractivity contribution in [2.75, 3.05) is 6.54 Å². The van der Waals surface area contributed by atoms with Crippen LogP contribution in [0.25, 0.3) is 0 Å². The first kappa shape index (κ1) is 13.0. The van der Waals surface area contributed by atoms with Gasteiger partial charge >= 0.3 is 0 Å². The molecule has 0 radical (unpaired) electrons. The van der Waals surface area contributed by atoms with Crippen molar-refractivity contribution in [2.24, 2.45) is 0 Å². The summed E-state index contributed by atoms with van der Waals surface area (Å²) in [4.78, 5) is 12.1. The van der Waals surface area contributed by atoms with Gasteiger partial charge in [-0.3, -0.25) is 4.79 Å². The van der Waals surface area contributed by atoms with Crippen LogP contribution in [0, 0.1) is 6.92 Å². The summed E-state index contributed by atoms with van der Waals surface area (Å²) in [6.07, 6.45) is 0.967. The van der Waals surface area contributed by atoms with Gasteiger partial charge in [-0.25, -0.2) is 0 Å². The fraction of sp³-hybridized carbons (Fsp3) is 0.417. The van der Waals surface area contributed by atoms with Crippen molar-refractivity contribution < 1.29 is 9.90 Å². The normalized spacial score (nSPS) is 12.2. The van der Waals surface area contributed by atoms with Crippen molar-refractivity contribution in [3.8, 4) is 5.75 Å². The molecule has 16 heavy (non-hydrogen) atoms. The van der Waals surface area contributed by atoms with E-state index in [0.29, 0.717) is 16.9 Å². The highest BCUT2D eigenvalue weighted by Crippen LogP contribution is 2.15. The van der Waals surface area contributed by atoms with Gasteiger partial charge in [0.25, 0.3) is 5.91 Å². The number of phenols is 1. The summed E-state index contributed by atoms with van der Waals surface area (Å²) in [7, 11) is 0. The van der Waals surface area contributed by atoms with Crippen molar-refractivity contribution in [1.82, 2.24) is 5.32 Å². The largest absolute Gasteiger partial charge is 0.508 e. The zero-order chi connectivity index (χ0) is 12.1. The smallest absolute Gasteiger partial charge is 0.251 e. The van der Waals surface area contributed by atoms with E-state index in [1.807, 2.05) is 0 Å². The Bertz CT molecular complexity index is 379. The van der Waals surface area contributed by atoms with E-state index in [1.165, 1.54) is 6.07 Å². The van der Waals surface area contributed by atoms with Gasteiger partial charge in [-0.05, 0) is 37.1 Å². The van der Waals surface area contributed by atoms with E-state index in [1.54, 1.807) is 19.1 Å². The van der Waals surface area contributed by atoms with E-state index in [9.17, 15) is 9.90 Å². The number of carbonyl (C=O) groups is 1. The Balaban J connectivity index is 2.66. The predicted molar refractivity (Wildman–Crippen MR) is 68.2 cm³/mol. The van der Waals surface area contributed by atoms with Crippen LogP contribution in [-0.4, -0.2) is 22.4 Å². The summed E-state index contributed by atoms with van der Waals surface area (Å²) in [5, 5.41) is 12.1. The third-order valence-corrected chi connectivity index (χ3v) is 3.35. The van der Waals surface area contributed by atoms with Crippen LogP contribution in [0.5, 0.6) is 5.75 Å². The zero-order valence-electron chi connectivity index (χ0n) is 9.46. The maximum atomic E-state index is 11.8. The van der Waals surface area contributed by atoms with E-state index in [-0.39, 0.29) is 11.7 Å². The highest BCUT2D eigenvalue weighted by atomic mass is 79.9. The molecule has 1 aromatic carbocycles. The summed E-state index contributed by atoms with van der Waals surface area (Å²) in [5.41, 5.74) is 1.38. The van der Waals surface area contributed by atoms with Gasteiger partial charge in [-0.1, -0.05) is 22.9 Å². The minimum atomic E-state index is -0.101. The van der Waals surface area contributed by atoms with Crippen LogP contribution < -0.4 is 5.32 Å². The summed E-state index contributed by atoms with van der Waals surface area (Å²) in [6.45, 7) is 4.47. The molecular formula is C12H16BrNO2. The molecule has 1 amide bonds. The molecule has 1 rings (SSSR count). The number of aromatic hydroxyl groups is 1. The fourth-order valence-electron chi connectivity index (χ4n) is 1.35. The van der Waals surface area contributed by atoms with Crippen molar-refractivity contribution in [3.05, 3.63) is 29.3 Å². The second kappa shape index (κ2) is 5.89. The SMILES string of the molecule is CCC(Br)CNC(=O)c1ccc(O)cc1C. The Morgan fingerprint density at radius 2 is 2.25 bits per heavy atom. The zero-order valence-corrected chi connectivity index (χ0v) is 11.0. The van der Waals surface area contributed by atoms with Crippen LogP contribution in [0.15, 0.2) is 18.2 Å². The third kappa shape index (κ3) is 3.52. The van der Waals surface area contributed by atoms with Gasteiger partial charge in [0.05, 0.1) is 0 Å². The summed E-state index contributed by atoms with van der Waals surface area (Å²) in [6, 6.07) is 4.74. The van der Waals surface area contributed by atoms with Crippen LogP contribution in [0.4, 0.5) is 0 Å². The van der Waals surface area contributed by atoms with E-state index in [0.717, 1.165) is 12.0 Å². The van der Waals surface area contributed by atoms with Gasteiger partial charge in [0.2, 0.25) is 0 Å². The Labute approximate surface area is 104 Å². The Kier molecular flexibility index (Phi) is 4.80. The van der Waals surface area contributed by atoms with Gasteiger partial charge < -0.3 is 10.4 Å². The van der Waals surface area contributed by atoms with Crippen LogP contribution in [-0.2, 0) is 0 Å². The minimum absolute atomic E-state index is 0.101. The Morgan fingerprint density at radius 1 is 1.56 bits per heavy atom. The highest BCUT2D eigenvalue weighted by molar-refractivity contribution is 9.09. The summed E-state index contributed by atoms with van der Waals surface area (Å²) in [5.74, 6) is 0.0800. The molecule has 0 aliphatic heterocycles. The Hall–Kier alpha value is -1.03. The van der Waals surface area contributed by atoms with Gasteiger partial charge in [0.15, 0.2) is 0 Å². The van der Waals surface area contributed by atoms with E-state index in [4.69, 9.17) is 0 Å². The summed E-state index contributed by atoms with van der Waals surface area (Å²) < 4.78 is 0. The number of hydrogen-bond acceptors (Lipinski definition) is 2. The monoisotopic (exact) mass is 285 g/mol. The molecule has 0 aromatic heterocycles. The first-order chi connectivity index (χ1) is 7.54. The number of amides is 1. The first-order valence-electron chi connectivity index (χ1n) is 5.26. The summed E-state index contributed by atoms with van der Waals surface area (Å²) >= 11 is 3.45. The van der Waals surface area contributed by atoms with E-state index < -0.39 is 0 Å². The molecule has 0 saturated carbocycles. The fourth-order valence-corrected chi connectivity index (χ4v) is 1.51. The van der Waals surface area contributed by atoms with Gasteiger partial charge in [-0.15, -0.1) is 0 Å². The molecule has 1 aromatic rings. The molecule has 0 fully saturated rings. The number of nitrogens with one attached hydrogen (secondary N) is 1. The number of aryl methyl sites for hydroxylation is 1. The molecule has 0 aliphatic carbocycles. The number of benzene rings is 1. The van der Waals surface area contributed by atoms with E-state index in [2.05, 4.69) is 28.2 Å². The maximum Gasteiger partial charge on any atom is 0.251 e. The second-order valence-corrected chi connectivity index (χ2v) is 5.01. The van der Waals surface area contributed by atoms with Crippen LogP contribution in [0.2, 0.25) is 0 Å². The van der Waals surface area contributed by atoms with Crippen LogP contribution in [0.1, 0.15) is 29.3 Å². The van der Waals surface area contributed by atoms with Gasteiger partial charge in [-0.2, -0.15) is 0 Å². The van der Waals surface area contributed by atoms with Crippen molar-refractivity contribution in [3.63, 3.8) is 0 Å². The quantitative estimate of drug-likeness (QED) is 0.836. The molecule has 3 nitrogen and oxygen atoms in total. The molecule has 88 valence electrons.